The van der Waals surface area contributed by atoms with E-state index in [0.29, 0.717) is 0 Å². The van der Waals surface area contributed by atoms with Gasteiger partial charge in [0.1, 0.15) is 0 Å². The van der Waals surface area contributed by atoms with E-state index < -0.39 is 0 Å². The molecule has 20 heavy (non-hydrogen) atoms. The van der Waals surface area contributed by atoms with Crippen LogP contribution in [0.1, 0.15) is 36.5 Å². The van der Waals surface area contributed by atoms with Gasteiger partial charge in [0.2, 0.25) is 0 Å². The molecule has 0 spiro atoms. The van der Waals surface area contributed by atoms with Gasteiger partial charge in [-0.3, -0.25) is 0 Å². The van der Waals surface area contributed by atoms with Gasteiger partial charge in [-0.1, -0.05) is 60.7 Å². The maximum absolute atomic E-state index is 6.11. The summed E-state index contributed by atoms with van der Waals surface area (Å²) in [5.74, 6) is 6.49. The molecule has 0 saturated carbocycles. The minimum atomic E-state index is 0.786. The molecule has 0 aliphatic rings. The van der Waals surface area contributed by atoms with Crippen molar-refractivity contribution in [2.75, 3.05) is 0 Å². The summed E-state index contributed by atoms with van der Waals surface area (Å²) in [4.78, 5) is 0. The molecule has 0 fully saturated rings. The van der Waals surface area contributed by atoms with Crippen LogP contribution in [-0.4, -0.2) is 0 Å². The Morgan fingerprint density at radius 2 is 1.80 bits per heavy atom. The molecule has 0 heterocycles. The molecule has 0 amide bonds. The summed E-state index contributed by atoms with van der Waals surface area (Å²) in [6, 6.07) is 16.5. The maximum Gasteiger partial charge on any atom is 0.0409 e. The summed E-state index contributed by atoms with van der Waals surface area (Å²) in [7, 11) is 0. The van der Waals surface area contributed by atoms with Crippen LogP contribution in [0.25, 0.3) is 0 Å². The quantitative estimate of drug-likeness (QED) is 0.670. The fraction of sp³-hybridized carbons (Fsp3) is 0.263. The molecule has 0 saturated heterocycles. The topological polar surface area (TPSA) is 0 Å². The molecule has 1 heteroatoms. The van der Waals surface area contributed by atoms with Crippen LogP contribution >= 0.6 is 11.6 Å². The van der Waals surface area contributed by atoms with Crippen molar-refractivity contribution in [1.82, 2.24) is 0 Å². The van der Waals surface area contributed by atoms with E-state index in [2.05, 4.69) is 43.0 Å². The minimum Gasteiger partial charge on any atom is -0.0979 e. The summed E-state index contributed by atoms with van der Waals surface area (Å²) >= 11 is 6.11. The van der Waals surface area contributed by atoms with Gasteiger partial charge >= 0.3 is 0 Å². The van der Waals surface area contributed by atoms with E-state index in [1.807, 2.05) is 24.3 Å². The third-order valence-corrected chi connectivity index (χ3v) is 3.43. The lowest BCUT2D eigenvalue weighted by Crippen LogP contribution is -1.95. The van der Waals surface area contributed by atoms with Crippen molar-refractivity contribution < 1.29 is 0 Å². The molecule has 102 valence electrons. The van der Waals surface area contributed by atoms with E-state index in [9.17, 15) is 0 Å². The molecule has 0 radical (unpaired) electrons. The van der Waals surface area contributed by atoms with Crippen LogP contribution in [0.5, 0.6) is 0 Å². The van der Waals surface area contributed by atoms with Crippen molar-refractivity contribution in [1.29, 1.82) is 0 Å². The average molecular weight is 283 g/mol. The first-order valence-corrected chi connectivity index (χ1v) is 7.48. The van der Waals surface area contributed by atoms with Crippen molar-refractivity contribution in [2.24, 2.45) is 0 Å². The first-order chi connectivity index (χ1) is 9.79. The van der Waals surface area contributed by atoms with Gasteiger partial charge in [0.15, 0.2) is 0 Å². The molecule has 2 rings (SSSR count). The maximum atomic E-state index is 6.11. The van der Waals surface area contributed by atoms with E-state index in [4.69, 9.17) is 11.6 Å². The lowest BCUT2D eigenvalue weighted by atomic mass is 10.00. The van der Waals surface area contributed by atoms with E-state index in [0.717, 1.165) is 36.3 Å². The molecule has 0 unspecified atom stereocenters. The lowest BCUT2D eigenvalue weighted by Gasteiger charge is -2.06. The predicted molar refractivity (Wildman–Crippen MR) is 87.1 cm³/mol. The third kappa shape index (κ3) is 4.44. The van der Waals surface area contributed by atoms with Crippen LogP contribution in [0.3, 0.4) is 0 Å². The Morgan fingerprint density at radius 1 is 1.00 bits per heavy atom. The number of hydrogen-bond acceptors (Lipinski definition) is 0. The Hall–Kier alpha value is -1.71. The van der Waals surface area contributed by atoms with Crippen LogP contribution in [-0.2, 0) is 12.8 Å². The lowest BCUT2D eigenvalue weighted by molar-refractivity contribution is 0.956. The van der Waals surface area contributed by atoms with Crippen molar-refractivity contribution >= 4 is 11.6 Å². The molecule has 0 atom stereocenters. The van der Waals surface area contributed by atoms with Gasteiger partial charge in [-0.05, 0) is 48.6 Å². The largest absolute Gasteiger partial charge is 0.0979 e. The molecule has 2 aromatic rings. The Labute approximate surface area is 126 Å². The molecule has 0 aliphatic heterocycles. The van der Waals surface area contributed by atoms with Crippen molar-refractivity contribution in [2.45, 2.75) is 32.6 Å². The second-order valence-electron chi connectivity index (χ2n) is 4.84. The third-order valence-electron chi connectivity index (χ3n) is 3.19. The number of hydrogen-bond donors (Lipinski definition) is 0. The normalized spacial score (nSPS) is 9.90. The molecule has 2 aromatic carbocycles. The van der Waals surface area contributed by atoms with Gasteiger partial charge in [-0.15, -0.1) is 0 Å². The number of benzene rings is 2. The Balaban J connectivity index is 2.13. The predicted octanol–water partition coefficient (Wildman–Crippen LogP) is 5.28. The van der Waals surface area contributed by atoms with E-state index in [1.165, 1.54) is 11.1 Å². The van der Waals surface area contributed by atoms with Gasteiger partial charge in [0, 0.05) is 17.0 Å². The summed E-state index contributed by atoms with van der Waals surface area (Å²) in [6.45, 7) is 2.15. The summed E-state index contributed by atoms with van der Waals surface area (Å²) in [5, 5.41) is 0.786. The fourth-order valence-electron chi connectivity index (χ4n) is 2.10. The Morgan fingerprint density at radius 3 is 2.55 bits per heavy atom. The second-order valence-corrected chi connectivity index (χ2v) is 5.28. The SMILES string of the molecule is CCCC#Cc1ccc(Cl)cc1CCc1ccccc1. The number of halogens is 1. The van der Waals surface area contributed by atoms with Crippen molar-refractivity contribution in [3.05, 3.63) is 70.2 Å². The minimum absolute atomic E-state index is 0.786. The molecule has 0 aliphatic carbocycles. The van der Waals surface area contributed by atoms with Crippen LogP contribution in [0.2, 0.25) is 5.02 Å². The molecular weight excluding hydrogens is 264 g/mol. The Bertz CT molecular complexity index is 603. The van der Waals surface area contributed by atoms with Crippen LogP contribution in [0.4, 0.5) is 0 Å². The molecule has 0 bridgehead atoms. The van der Waals surface area contributed by atoms with Crippen LogP contribution in [0, 0.1) is 11.8 Å². The zero-order chi connectivity index (χ0) is 14.2. The highest BCUT2D eigenvalue weighted by atomic mass is 35.5. The molecule has 0 N–H and O–H groups in total. The van der Waals surface area contributed by atoms with Gasteiger partial charge < -0.3 is 0 Å². The summed E-state index contributed by atoms with van der Waals surface area (Å²) in [5.41, 5.74) is 3.70. The first kappa shape index (κ1) is 14.7. The number of rotatable bonds is 4. The van der Waals surface area contributed by atoms with Gasteiger partial charge in [0.05, 0.1) is 0 Å². The molecule has 0 nitrogen and oxygen atoms in total. The Kier molecular flexibility index (Phi) is 5.71. The second kappa shape index (κ2) is 7.78. The smallest absolute Gasteiger partial charge is 0.0409 e. The van der Waals surface area contributed by atoms with E-state index >= 15 is 0 Å². The highest BCUT2D eigenvalue weighted by Gasteiger charge is 2.02. The zero-order valence-corrected chi connectivity index (χ0v) is 12.6. The molecule has 0 aromatic heterocycles. The van der Waals surface area contributed by atoms with E-state index in [-0.39, 0.29) is 0 Å². The van der Waals surface area contributed by atoms with Gasteiger partial charge in [0.25, 0.3) is 0 Å². The fourth-order valence-corrected chi connectivity index (χ4v) is 2.29. The van der Waals surface area contributed by atoms with Crippen molar-refractivity contribution in [3.8, 4) is 11.8 Å². The van der Waals surface area contributed by atoms with E-state index in [1.54, 1.807) is 0 Å². The first-order valence-electron chi connectivity index (χ1n) is 7.11. The van der Waals surface area contributed by atoms with Gasteiger partial charge in [-0.2, -0.15) is 0 Å². The van der Waals surface area contributed by atoms with Crippen molar-refractivity contribution in [3.63, 3.8) is 0 Å². The van der Waals surface area contributed by atoms with Gasteiger partial charge in [-0.25, -0.2) is 0 Å². The monoisotopic (exact) mass is 282 g/mol. The molecular formula is C19H19Cl. The van der Waals surface area contributed by atoms with Crippen LogP contribution < -0.4 is 0 Å². The summed E-state index contributed by atoms with van der Waals surface area (Å²) < 4.78 is 0. The van der Waals surface area contributed by atoms with Crippen LogP contribution in [0.15, 0.2) is 48.5 Å². The average Bonchev–Trinajstić information content (AvgIpc) is 2.48. The number of unbranched alkanes of at least 4 members (excludes halogenated alkanes) is 1. The highest BCUT2D eigenvalue weighted by molar-refractivity contribution is 6.30. The zero-order valence-electron chi connectivity index (χ0n) is 11.8. The standard InChI is InChI=1S/C19H19Cl/c1-2-3-5-10-17-13-14-19(20)15-18(17)12-11-16-8-6-4-7-9-16/h4,6-9,13-15H,2-3,11-12H2,1H3. The number of aryl methyl sites for hydroxylation is 2. The highest BCUT2D eigenvalue weighted by Crippen LogP contribution is 2.18. The summed E-state index contributed by atoms with van der Waals surface area (Å²) in [6.07, 6.45) is 4.03.